The summed E-state index contributed by atoms with van der Waals surface area (Å²) in [5, 5.41) is 3.42. The Balaban J connectivity index is 3.40. The lowest BCUT2D eigenvalue weighted by Crippen LogP contribution is -2.25. The fourth-order valence-corrected chi connectivity index (χ4v) is 2.31. The van der Waals surface area contributed by atoms with Crippen LogP contribution in [0.1, 0.15) is 40.0 Å². The first-order valence-corrected chi connectivity index (χ1v) is 8.25. The lowest BCUT2D eigenvalue weighted by Gasteiger charge is -2.13. The standard InChI is InChI=1S/C12H27NO2S/c1-11(2)9-13-10-12(3)7-5-6-8-16(4,14)15/h11-13H,5-10H2,1-4H3. The minimum Gasteiger partial charge on any atom is -0.316 e. The van der Waals surface area contributed by atoms with E-state index < -0.39 is 9.84 Å². The van der Waals surface area contributed by atoms with Crippen molar-refractivity contribution in [2.24, 2.45) is 11.8 Å². The third-order valence-corrected chi connectivity index (χ3v) is 3.54. The fourth-order valence-electron chi connectivity index (χ4n) is 1.58. The molecule has 0 aliphatic rings. The monoisotopic (exact) mass is 249 g/mol. The third kappa shape index (κ3) is 12.0. The maximum atomic E-state index is 10.9. The molecular formula is C12H27NO2S. The molecule has 0 bridgehead atoms. The van der Waals surface area contributed by atoms with Crippen LogP contribution in [0.3, 0.4) is 0 Å². The van der Waals surface area contributed by atoms with Crippen LogP contribution in [0.2, 0.25) is 0 Å². The molecule has 3 nitrogen and oxygen atoms in total. The SMILES string of the molecule is CC(C)CNCC(C)CCCCS(C)(=O)=O. The Bertz CT molecular complexity index is 260. The smallest absolute Gasteiger partial charge is 0.147 e. The van der Waals surface area contributed by atoms with Gasteiger partial charge in [-0.1, -0.05) is 27.2 Å². The van der Waals surface area contributed by atoms with Gasteiger partial charge >= 0.3 is 0 Å². The quantitative estimate of drug-likeness (QED) is 0.636. The van der Waals surface area contributed by atoms with E-state index in [0.29, 0.717) is 17.6 Å². The summed E-state index contributed by atoms with van der Waals surface area (Å²) in [4.78, 5) is 0. The summed E-state index contributed by atoms with van der Waals surface area (Å²) in [6, 6.07) is 0. The summed E-state index contributed by atoms with van der Waals surface area (Å²) < 4.78 is 21.8. The first-order chi connectivity index (χ1) is 7.31. The van der Waals surface area contributed by atoms with Gasteiger partial charge in [0.1, 0.15) is 9.84 Å². The highest BCUT2D eigenvalue weighted by atomic mass is 32.2. The van der Waals surface area contributed by atoms with E-state index in [1.807, 2.05) is 0 Å². The lowest BCUT2D eigenvalue weighted by molar-refractivity contribution is 0.442. The van der Waals surface area contributed by atoms with Crippen molar-refractivity contribution < 1.29 is 8.42 Å². The van der Waals surface area contributed by atoms with E-state index in [2.05, 4.69) is 26.1 Å². The number of unbranched alkanes of at least 4 members (excludes halogenated alkanes) is 1. The molecule has 0 saturated heterocycles. The molecular weight excluding hydrogens is 222 g/mol. The van der Waals surface area contributed by atoms with Crippen molar-refractivity contribution in [3.8, 4) is 0 Å². The van der Waals surface area contributed by atoms with E-state index in [9.17, 15) is 8.42 Å². The van der Waals surface area contributed by atoms with Gasteiger partial charge in [0.25, 0.3) is 0 Å². The molecule has 1 atom stereocenters. The minimum atomic E-state index is -2.77. The van der Waals surface area contributed by atoms with E-state index in [-0.39, 0.29) is 0 Å². The van der Waals surface area contributed by atoms with Crippen LogP contribution in [0.5, 0.6) is 0 Å². The second kappa shape index (κ2) is 8.07. The van der Waals surface area contributed by atoms with E-state index in [0.717, 1.165) is 32.4 Å². The number of nitrogens with one attached hydrogen (secondary N) is 1. The molecule has 0 saturated carbocycles. The molecule has 0 aromatic heterocycles. The van der Waals surface area contributed by atoms with Crippen LogP contribution >= 0.6 is 0 Å². The van der Waals surface area contributed by atoms with Gasteiger partial charge < -0.3 is 5.32 Å². The second-order valence-electron chi connectivity index (χ2n) is 5.28. The summed E-state index contributed by atoms with van der Waals surface area (Å²) in [6.07, 6.45) is 4.23. The van der Waals surface area contributed by atoms with Gasteiger partial charge in [0.15, 0.2) is 0 Å². The minimum absolute atomic E-state index is 0.332. The molecule has 0 rings (SSSR count). The predicted molar refractivity (Wildman–Crippen MR) is 70.4 cm³/mol. The van der Waals surface area contributed by atoms with E-state index in [4.69, 9.17) is 0 Å². The molecule has 1 unspecified atom stereocenters. The zero-order valence-corrected chi connectivity index (χ0v) is 11.9. The Morgan fingerprint density at radius 2 is 1.69 bits per heavy atom. The van der Waals surface area contributed by atoms with Crippen LogP contribution in [0.4, 0.5) is 0 Å². The highest BCUT2D eigenvalue weighted by Crippen LogP contribution is 2.07. The van der Waals surface area contributed by atoms with Crippen molar-refractivity contribution in [2.75, 3.05) is 25.1 Å². The van der Waals surface area contributed by atoms with Gasteiger partial charge in [0.2, 0.25) is 0 Å². The van der Waals surface area contributed by atoms with Crippen LogP contribution in [0, 0.1) is 11.8 Å². The van der Waals surface area contributed by atoms with Gasteiger partial charge in [-0.2, -0.15) is 0 Å². The number of rotatable bonds is 9. The zero-order valence-electron chi connectivity index (χ0n) is 11.1. The van der Waals surface area contributed by atoms with Crippen LogP contribution in [-0.4, -0.2) is 33.5 Å². The Labute approximate surface area is 101 Å². The molecule has 98 valence electrons. The normalized spacial score (nSPS) is 14.3. The molecule has 0 heterocycles. The van der Waals surface area contributed by atoms with Crippen molar-refractivity contribution in [1.82, 2.24) is 5.32 Å². The second-order valence-corrected chi connectivity index (χ2v) is 7.54. The van der Waals surface area contributed by atoms with E-state index in [1.54, 1.807) is 0 Å². The highest BCUT2D eigenvalue weighted by molar-refractivity contribution is 7.90. The van der Waals surface area contributed by atoms with Gasteiger partial charge in [-0.3, -0.25) is 0 Å². The van der Waals surface area contributed by atoms with Crippen molar-refractivity contribution in [3.05, 3.63) is 0 Å². The van der Waals surface area contributed by atoms with Crippen LogP contribution in [0.15, 0.2) is 0 Å². The lowest BCUT2D eigenvalue weighted by atomic mass is 10.0. The van der Waals surface area contributed by atoms with Crippen molar-refractivity contribution >= 4 is 9.84 Å². The largest absolute Gasteiger partial charge is 0.316 e. The van der Waals surface area contributed by atoms with Gasteiger partial charge in [0, 0.05) is 12.0 Å². The van der Waals surface area contributed by atoms with Gasteiger partial charge in [-0.25, -0.2) is 8.42 Å². The number of hydrogen-bond donors (Lipinski definition) is 1. The van der Waals surface area contributed by atoms with Crippen molar-refractivity contribution in [3.63, 3.8) is 0 Å². The average molecular weight is 249 g/mol. The molecule has 0 amide bonds. The Kier molecular flexibility index (Phi) is 8.02. The zero-order chi connectivity index (χ0) is 12.6. The third-order valence-electron chi connectivity index (χ3n) is 2.51. The Morgan fingerprint density at radius 1 is 1.06 bits per heavy atom. The summed E-state index contributed by atoms with van der Waals surface area (Å²) in [5.41, 5.74) is 0. The summed E-state index contributed by atoms with van der Waals surface area (Å²) in [7, 11) is -2.77. The van der Waals surface area contributed by atoms with Crippen LogP contribution in [-0.2, 0) is 9.84 Å². The first-order valence-electron chi connectivity index (χ1n) is 6.19. The highest BCUT2D eigenvalue weighted by Gasteiger charge is 2.05. The maximum Gasteiger partial charge on any atom is 0.147 e. The molecule has 16 heavy (non-hydrogen) atoms. The summed E-state index contributed by atoms with van der Waals surface area (Å²) in [6.45, 7) is 8.71. The number of hydrogen-bond acceptors (Lipinski definition) is 3. The molecule has 0 fully saturated rings. The predicted octanol–water partition coefficient (Wildman–Crippen LogP) is 2.08. The van der Waals surface area contributed by atoms with Crippen LogP contribution < -0.4 is 5.32 Å². The van der Waals surface area contributed by atoms with Gasteiger partial charge in [0.05, 0.1) is 0 Å². The Morgan fingerprint density at radius 3 is 2.19 bits per heavy atom. The fraction of sp³-hybridized carbons (Fsp3) is 1.00. The number of sulfone groups is 1. The van der Waals surface area contributed by atoms with E-state index in [1.165, 1.54) is 6.26 Å². The van der Waals surface area contributed by atoms with Crippen LogP contribution in [0.25, 0.3) is 0 Å². The molecule has 0 aromatic rings. The molecule has 0 aromatic carbocycles. The molecule has 0 aliphatic heterocycles. The summed E-state index contributed by atoms with van der Waals surface area (Å²) in [5.74, 6) is 1.66. The summed E-state index contributed by atoms with van der Waals surface area (Å²) >= 11 is 0. The van der Waals surface area contributed by atoms with Gasteiger partial charge in [-0.05, 0) is 37.8 Å². The molecule has 1 N–H and O–H groups in total. The van der Waals surface area contributed by atoms with Crippen molar-refractivity contribution in [1.29, 1.82) is 0 Å². The maximum absolute atomic E-state index is 10.9. The Hall–Kier alpha value is -0.0900. The molecule has 0 spiro atoms. The molecule has 0 aliphatic carbocycles. The first kappa shape index (κ1) is 15.9. The van der Waals surface area contributed by atoms with Crippen molar-refractivity contribution in [2.45, 2.75) is 40.0 Å². The average Bonchev–Trinajstić information content (AvgIpc) is 2.10. The van der Waals surface area contributed by atoms with Gasteiger partial charge in [-0.15, -0.1) is 0 Å². The van der Waals surface area contributed by atoms with E-state index >= 15 is 0 Å². The molecule has 0 radical (unpaired) electrons. The topological polar surface area (TPSA) is 46.2 Å². The molecule has 4 heteroatoms.